The largest absolute Gasteiger partial charge is 0.444 e. The summed E-state index contributed by atoms with van der Waals surface area (Å²) in [5, 5.41) is 15.1. The van der Waals surface area contributed by atoms with Crippen molar-refractivity contribution in [3.8, 4) is 0 Å². The highest BCUT2D eigenvalue weighted by Gasteiger charge is 2.38. The fourth-order valence-corrected chi connectivity index (χ4v) is 3.96. The number of guanidine groups is 1. The van der Waals surface area contributed by atoms with E-state index >= 15 is 0 Å². The van der Waals surface area contributed by atoms with Crippen molar-refractivity contribution in [2.24, 2.45) is 5.73 Å². The monoisotopic (exact) mass is 501 g/mol. The van der Waals surface area contributed by atoms with Gasteiger partial charge < -0.3 is 31.3 Å². The number of nitrogens with two attached hydrogens (primary N) is 1. The maximum absolute atomic E-state index is 13.6. The molecular formula is C25H37N6O5. The second kappa shape index (κ2) is 13.5. The maximum atomic E-state index is 13.6. The Labute approximate surface area is 212 Å². The van der Waals surface area contributed by atoms with Crippen LogP contribution in [-0.4, -0.2) is 71.9 Å². The minimum atomic E-state index is -0.929. The van der Waals surface area contributed by atoms with E-state index in [0.29, 0.717) is 38.8 Å². The number of likely N-dealkylation sites (tertiary alicyclic amines) is 1. The smallest absolute Gasteiger partial charge is 0.408 e. The highest BCUT2D eigenvalue weighted by atomic mass is 16.6. The van der Waals surface area contributed by atoms with E-state index in [1.165, 1.54) is 4.90 Å². The summed E-state index contributed by atoms with van der Waals surface area (Å²) >= 11 is 0. The van der Waals surface area contributed by atoms with Gasteiger partial charge in [0, 0.05) is 19.5 Å². The Balaban J connectivity index is 2.09. The number of carbonyl (C=O) groups excluding carboxylic acids is 4. The molecule has 1 aliphatic rings. The minimum Gasteiger partial charge on any atom is -0.444 e. The van der Waals surface area contributed by atoms with Gasteiger partial charge in [-0.1, -0.05) is 30.3 Å². The van der Waals surface area contributed by atoms with E-state index in [9.17, 15) is 19.2 Å². The lowest BCUT2D eigenvalue weighted by atomic mass is 10.0. The molecule has 11 nitrogen and oxygen atoms in total. The molecule has 1 aliphatic heterocycles. The van der Waals surface area contributed by atoms with Gasteiger partial charge in [-0.3, -0.25) is 19.8 Å². The van der Waals surface area contributed by atoms with Crippen LogP contribution in [0.25, 0.3) is 0 Å². The first kappa shape index (κ1) is 28.6. The van der Waals surface area contributed by atoms with Crippen LogP contribution in [0, 0.1) is 5.41 Å². The van der Waals surface area contributed by atoms with Crippen LogP contribution in [0.4, 0.5) is 4.79 Å². The van der Waals surface area contributed by atoms with Crippen LogP contribution in [0.1, 0.15) is 52.0 Å². The first-order chi connectivity index (χ1) is 17.0. The molecule has 6 N–H and O–H groups in total. The molecule has 0 aliphatic carbocycles. The number of ether oxygens (including phenoxy) is 1. The second-order valence-electron chi connectivity index (χ2n) is 9.74. The summed E-state index contributed by atoms with van der Waals surface area (Å²) < 4.78 is 5.35. The van der Waals surface area contributed by atoms with Crippen molar-refractivity contribution in [1.82, 2.24) is 20.9 Å². The van der Waals surface area contributed by atoms with Crippen molar-refractivity contribution in [1.29, 1.82) is 5.41 Å². The van der Waals surface area contributed by atoms with Gasteiger partial charge in [0.05, 0.1) is 6.04 Å². The molecule has 1 radical (unpaired) electrons. The number of benzene rings is 1. The molecule has 2 rings (SSSR count). The maximum Gasteiger partial charge on any atom is 0.408 e. The van der Waals surface area contributed by atoms with Crippen LogP contribution in [0.15, 0.2) is 30.3 Å². The molecule has 11 heteroatoms. The molecule has 3 atom stereocenters. The number of hydrogen-bond acceptors (Lipinski definition) is 6. The van der Waals surface area contributed by atoms with Crippen molar-refractivity contribution in [2.75, 3.05) is 13.1 Å². The van der Waals surface area contributed by atoms with Crippen LogP contribution in [0.5, 0.6) is 0 Å². The first-order valence-electron chi connectivity index (χ1n) is 12.1. The first-order valence-corrected chi connectivity index (χ1v) is 12.1. The quantitative estimate of drug-likeness (QED) is 0.171. The Morgan fingerprint density at radius 2 is 1.92 bits per heavy atom. The summed E-state index contributed by atoms with van der Waals surface area (Å²) in [7, 11) is 0. The summed E-state index contributed by atoms with van der Waals surface area (Å²) in [5.41, 5.74) is 5.35. The van der Waals surface area contributed by atoms with Gasteiger partial charge in [-0.25, -0.2) is 4.79 Å². The van der Waals surface area contributed by atoms with Gasteiger partial charge in [-0.15, -0.1) is 0 Å². The van der Waals surface area contributed by atoms with Gasteiger partial charge in [-0.2, -0.15) is 0 Å². The summed E-state index contributed by atoms with van der Waals surface area (Å²) in [6.07, 6.45) is 3.20. The number of nitrogens with one attached hydrogen (secondary N) is 4. The number of rotatable bonds is 11. The lowest BCUT2D eigenvalue weighted by Gasteiger charge is -2.30. The summed E-state index contributed by atoms with van der Waals surface area (Å²) in [5.74, 6) is -1.00. The predicted octanol–water partition coefficient (Wildman–Crippen LogP) is 0.971. The Morgan fingerprint density at radius 1 is 1.22 bits per heavy atom. The molecule has 197 valence electrons. The summed E-state index contributed by atoms with van der Waals surface area (Å²) in [4.78, 5) is 51.9. The van der Waals surface area contributed by atoms with Gasteiger partial charge in [0.15, 0.2) is 5.96 Å². The van der Waals surface area contributed by atoms with E-state index in [0.717, 1.165) is 5.56 Å². The standard InChI is InChI=1S/C25H37N6O5/c1-25(2,3)36-24(35)30-19(15-17-9-5-4-6-10-17)22(34)31-14-8-12-20(31)21(33)29-18(16-32)11-7-13-28-23(26)27/h4-6,9-10,18-20H,7-8,11-15H2,1-3H3,(H,29,33)(H,30,35)(H4,26,27,28)/t18-,19+,20-/m0/s1. The molecular weight excluding hydrogens is 464 g/mol. The SMILES string of the molecule is CC(C)(C)OC(=O)N[C@H](Cc1ccccc1)C(=O)N1CCC[C@H]1C(=O)N[C@H]([C]=O)CCCNC(=N)N. The minimum absolute atomic E-state index is 0.171. The van der Waals surface area contributed by atoms with E-state index in [-0.39, 0.29) is 18.3 Å². The highest BCUT2D eigenvalue weighted by molar-refractivity contribution is 5.92. The zero-order valence-electron chi connectivity index (χ0n) is 21.1. The number of nitrogens with zero attached hydrogens (tertiary/aromatic N) is 1. The van der Waals surface area contributed by atoms with E-state index in [1.54, 1.807) is 20.8 Å². The average Bonchev–Trinajstić information content (AvgIpc) is 3.29. The lowest BCUT2D eigenvalue weighted by molar-refractivity contribution is -0.140. The van der Waals surface area contributed by atoms with Crippen LogP contribution in [0.2, 0.25) is 0 Å². The third kappa shape index (κ3) is 9.55. The normalized spacial score (nSPS) is 17.0. The zero-order valence-corrected chi connectivity index (χ0v) is 21.1. The fraction of sp³-hybridized carbons (Fsp3) is 0.560. The van der Waals surface area contributed by atoms with Gasteiger partial charge in [0.25, 0.3) is 0 Å². The third-order valence-electron chi connectivity index (χ3n) is 5.55. The predicted molar refractivity (Wildman–Crippen MR) is 135 cm³/mol. The number of carbonyl (C=O) groups is 3. The second-order valence-corrected chi connectivity index (χ2v) is 9.74. The van der Waals surface area contributed by atoms with Gasteiger partial charge in [-0.05, 0) is 52.0 Å². The number of alkyl carbamates (subject to hydrolysis) is 1. The Hall–Kier alpha value is -3.63. The third-order valence-corrected chi connectivity index (χ3v) is 5.55. The van der Waals surface area contributed by atoms with Crippen LogP contribution in [-0.2, 0) is 25.5 Å². The average molecular weight is 502 g/mol. The van der Waals surface area contributed by atoms with Crippen LogP contribution >= 0.6 is 0 Å². The molecule has 0 aromatic heterocycles. The van der Waals surface area contributed by atoms with E-state index in [2.05, 4.69) is 16.0 Å². The van der Waals surface area contributed by atoms with Crippen molar-refractivity contribution in [3.63, 3.8) is 0 Å². The van der Waals surface area contributed by atoms with Crippen molar-refractivity contribution < 1.29 is 23.9 Å². The molecule has 1 aromatic carbocycles. The summed E-state index contributed by atoms with van der Waals surface area (Å²) in [6.45, 7) is 5.94. The van der Waals surface area contributed by atoms with Crippen molar-refractivity contribution in [2.45, 2.75) is 76.6 Å². The Bertz CT molecular complexity index is 917. The van der Waals surface area contributed by atoms with E-state index in [4.69, 9.17) is 15.9 Å². The molecule has 0 spiro atoms. The molecule has 0 unspecified atom stereocenters. The Kier molecular flexibility index (Phi) is 10.7. The van der Waals surface area contributed by atoms with Crippen LogP contribution in [0.3, 0.4) is 0 Å². The zero-order chi connectivity index (χ0) is 26.7. The molecule has 0 bridgehead atoms. The van der Waals surface area contributed by atoms with E-state index in [1.807, 2.05) is 36.6 Å². The fourth-order valence-electron chi connectivity index (χ4n) is 3.96. The molecule has 36 heavy (non-hydrogen) atoms. The number of amides is 3. The molecule has 1 fully saturated rings. The topological polar surface area (TPSA) is 167 Å². The molecule has 3 amide bonds. The van der Waals surface area contributed by atoms with E-state index < -0.39 is 35.7 Å². The molecule has 1 aromatic rings. The van der Waals surface area contributed by atoms with Crippen molar-refractivity contribution >= 4 is 30.2 Å². The van der Waals surface area contributed by atoms with Gasteiger partial charge in [0.2, 0.25) is 18.1 Å². The molecule has 1 heterocycles. The summed E-state index contributed by atoms with van der Waals surface area (Å²) in [6, 6.07) is 6.73. The Morgan fingerprint density at radius 3 is 2.53 bits per heavy atom. The van der Waals surface area contributed by atoms with Crippen molar-refractivity contribution in [3.05, 3.63) is 35.9 Å². The van der Waals surface area contributed by atoms with Gasteiger partial charge >= 0.3 is 6.09 Å². The van der Waals surface area contributed by atoms with Crippen LogP contribution < -0.4 is 21.7 Å². The number of hydrogen-bond donors (Lipinski definition) is 5. The lowest BCUT2D eigenvalue weighted by Crippen LogP contribution is -2.55. The van der Waals surface area contributed by atoms with Gasteiger partial charge in [0.1, 0.15) is 17.7 Å². The molecule has 0 saturated carbocycles. The molecule has 1 saturated heterocycles. The highest BCUT2D eigenvalue weighted by Crippen LogP contribution is 2.20.